The van der Waals surface area contributed by atoms with Crippen molar-refractivity contribution in [3.63, 3.8) is 0 Å². The quantitative estimate of drug-likeness (QED) is 0.715. The van der Waals surface area contributed by atoms with Gasteiger partial charge in [0.2, 0.25) is 0 Å². The topological polar surface area (TPSA) is 41.5 Å². The van der Waals surface area contributed by atoms with Crippen LogP contribution in [-0.2, 0) is 0 Å². The van der Waals surface area contributed by atoms with Crippen molar-refractivity contribution >= 4 is 5.82 Å². The lowest BCUT2D eigenvalue weighted by molar-refractivity contribution is 0.0305. The van der Waals surface area contributed by atoms with E-state index in [1.807, 2.05) is 25.1 Å². The second-order valence-electron chi connectivity index (χ2n) is 9.35. The zero-order valence-electron chi connectivity index (χ0n) is 18.2. The second kappa shape index (κ2) is 8.54. The zero-order valence-corrected chi connectivity index (χ0v) is 18.2. The van der Waals surface area contributed by atoms with Crippen molar-refractivity contribution in [2.45, 2.75) is 57.9 Å². The van der Waals surface area contributed by atoms with Crippen LogP contribution >= 0.6 is 0 Å². The molecule has 2 saturated heterocycles. The maximum atomic E-state index is 5.61. The molecule has 0 radical (unpaired) electrons. The first-order valence-corrected chi connectivity index (χ1v) is 11.8. The molecule has 2 aliphatic heterocycles. The van der Waals surface area contributed by atoms with E-state index in [1.165, 1.54) is 58.0 Å². The van der Waals surface area contributed by atoms with Crippen molar-refractivity contribution < 1.29 is 4.74 Å². The monoisotopic (exact) mass is 406 g/mol. The highest BCUT2D eigenvalue weighted by atomic mass is 16.5. The van der Waals surface area contributed by atoms with E-state index in [-0.39, 0.29) is 0 Å². The van der Waals surface area contributed by atoms with Gasteiger partial charge in [-0.3, -0.25) is 0 Å². The van der Waals surface area contributed by atoms with Gasteiger partial charge < -0.3 is 14.5 Å². The van der Waals surface area contributed by atoms with Gasteiger partial charge in [-0.1, -0.05) is 18.6 Å². The molecule has 5 heteroatoms. The third-order valence-electron chi connectivity index (χ3n) is 7.69. The highest BCUT2D eigenvalue weighted by molar-refractivity contribution is 5.61. The van der Waals surface area contributed by atoms with Crippen molar-refractivity contribution in [2.24, 2.45) is 5.41 Å². The predicted molar refractivity (Wildman–Crippen MR) is 121 cm³/mol. The predicted octanol–water partition coefficient (Wildman–Crippen LogP) is 4.78. The maximum absolute atomic E-state index is 5.61. The Morgan fingerprint density at radius 2 is 1.73 bits per heavy atom. The van der Waals surface area contributed by atoms with E-state index in [2.05, 4.69) is 38.2 Å². The third kappa shape index (κ3) is 4.04. The average Bonchev–Trinajstić information content (AvgIpc) is 2.76. The number of ether oxygens (including phenoxy) is 1. The van der Waals surface area contributed by atoms with Crippen LogP contribution in [0.1, 0.15) is 51.9 Å². The molecule has 30 heavy (non-hydrogen) atoms. The van der Waals surface area contributed by atoms with E-state index in [4.69, 9.17) is 4.74 Å². The molecule has 1 aromatic heterocycles. The Hall–Kier alpha value is -2.14. The fraction of sp³-hybridized carbons (Fsp3) is 0.600. The number of rotatable bonds is 5. The summed E-state index contributed by atoms with van der Waals surface area (Å²) >= 11 is 0. The third-order valence-corrected chi connectivity index (χ3v) is 7.69. The lowest BCUT2D eigenvalue weighted by Crippen LogP contribution is -2.51. The summed E-state index contributed by atoms with van der Waals surface area (Å²) < 4.78 is 5.61. The molecule has 3 aliphatic rings. The maximum Gasteiger partial charge on any atom is 0.151 e. The summed E-state index contributed by atoms with van der Waals surface area (Å²) in [5.74, 6) is 1.90. The first-order chi connectivity index (χ1) is 14.7. The van der Waals surface area contributed by atoms with E-state index >= 15 is 0 Å². The van der Waals surface area contributed by atoms with Gasteiger partial charge in [0.15, 0.2) is 5.82 Å². The van der Waals surface area contributed by atoms with Crippen molar-refractivity contribution in [1.29, 1.82) is 0 Å². The minimum Gasteiger partial charge on any atom is -0.494 e. The Labute approximate surface area is 180 Å². The lowest BCUT2D eigenvalue weighted by Gasteiger charge is -2.50. The normalized spacial score (nSPS) is 22.1. The van der Waals surface area contributed by atoms with E-state index in [9.17, 15) is 0 Å². The van der Waals surface area contributed by atoms with Gasteiger partial charge in [-0.05, 0) is 88.2 Å². The summed E-state index contributed by atoms with van der Waals surface area (Å²) in [6, 6.07) is 13.2. The molecule has 0 unspecified atom stereocenters. The Morgan fingerprint density at radius 3 is 2.37 bits per heavy atom. The van der Waals surface area contributed by atoms with Crippen LogP contribution in [0, 0.1) is 5.41 Å². The SMILES string of the molecule is CCOc1cccc(-c2ccc(N3CCC4(CC3)CCN(C3CCC3)CC4)nn2)c1. The van der Waals surface area contributed by atoms with E-state index in [0.29, 0.717) is 12.0 Å². The molecule has 5 nitrogen and oxygen atoms in total. The smallest absolute Gasteiger partial charge is 0.151 e. The van der Waals surface area contributed by atoms with Gasteiger partial charge in [0.05, 0.1) is 12.3 Å². The zero-order chi connectivity index (χ0) is 20.4. The largest absolute Gasteiger partial charge is 0.494 e. The highest BCUT2D eigenvalue weighted by Gasteiger charge is 2.39. The minimum atomic E-state index is 0.573. The summed E-state index contributed by atoms with van der Waals surface area (Å²) in [5.41, 5.74) is 2.53. The number of likely N-dealkylation sites (tertiary alicyclic amines) is 1. The van der Waals surface area contributed by atoms with E-state index in [1.54, 1.807) is 0 Å². The van der Waals surface area contributed by atoms with Crippen LogP contribution in [0.25, 0.3) is 11.3 Å². The van der Waals surface area contributed by atoms with Gasteiger partial charge in [-0.15, -0.1) is 10.2 Å². The van der Waals surface area contributed by atoms with Crippen LogP contribution in [0.4, 0.5) is 5.82 Å². The average molecular weight is 407 g/mol. The molecule has 0 bridgehead atoms. The molecule has 160 valence electrons. The molecule has 1 saturated carbocycles. The molecule has 1 spiro atoms. The fourth-order valence-electron chi connectivity index (χ4n) is 5.39. The van der Waals surface area contributed by atoms with Crippen molar-refractivity contribution in [2.75, 3.05) is 37.7 Å². The first-order valence-electron chi connectivity index (χ1n) is 11.8. The van der Waals surface area contributed by atoms with Crippen molar-refractivity contribution in [1.82, 2.24) is 15.1 Å². The summed E-state index contributed by atoms with van der Waals surface area (Å²) in [5, 5.41) is 9.09. The van der Waals surface area contributed by atoms with Crippen LogP contribution in [0.5, 0.6) is 5.75 Å². The Balaban J connectivity index is 1.18. The van der Waals surface area contributed by atoms with Gasteiger partial charge in [0.1, 0.15) is 5.75 Å². The number of hydrogen-bond donors (Lipinski definition) is 0. The molecule has 5 rings (SSSR count). The molecule has 0 N–H and O–H groups in total. The molecule has 1 aliphatic carbocycles. The van der Waals surface area contributed by atoms with Crippen molar-refractivity contribution in [3.05, 3.63) is 36.4 Å². The number of benzene rings is 1. The molecule has 2 aromatic rings. The summed E-state index contributed by atoms with van der Waals surface area (Å²) in [6.45, 7) is 7.53. The minimum absolute atomic E-state index is 0.573. The summed E-state index contributed by atoms with van der Waals surface area (Å²) in [6.07, 6.45) is 9.68. The summed E-state index contributed by atoms with van der Waals surface area (Å²) in [4.78, 5) is 5.20. The number of nitrogens with zero attached hydrogens (tertiary/aromatic N) is 4. The number of hydrogen-bond acceptors (Lipinski definition) is 5. The van der Waals surface area contributed by atoms with Crippen LogP contribution in [0.15, 0.2) is 36.4 Å². The van der Waals surface area contributed by atoms with Gasteiger partial charge in [-0.2, -0.15) is 0 Å². The fourth-order valence-corrected chi connectivity index (χ4v) is 5.39. The second-order valence-corrected chi connectivity index (χ2v) is 9.35. The van der Waals surface area contributed by atoms with Gasteiger partial charge >= 0.3 is 0 Å². The van der Waals surface area contributed by atoms with Crippen LogP contribution in [-0.4, -0.2) is 53.9 Å². The van der Waals surface area contributed by atoms with E-state index in [0.717, 1.165) is 42.0 Å². The number of aromatic nitrogens is 2. The van der Waals surface area contributed by atoms with Crippen LogP contribution < -0.4 is 9.64 Å². The number of piperidine rings is 2. The Kier molecular flexibility index (Phi) is 5.64. The lowest BCUT2D eigenvalue weighted by atomic mass is 9.70. The molecule has 0 atom stereocenters. The molecule has 0 amide bonds. The summed E-state index contributed by atoms with van der Waals surface area (Å²) in [7, 11) is 0. The number of anilines is 1. The Morgan fingerprint density at radius 1 is 0.967 bits per heavy atom. The Bertz CT molecular complexity index is 830. The van der Waals surface area contributed by atoms with E-state index < -0.39 is 0 Å². The molecule has 3 heterocycles. The molecular weight excluding hydrogens is 372 g/mol. The molecular formula is C25H34N4O. The van der Waals surface area contributed by atoms with Crippen LogP contribution in [0.2, 0.25) is 0 Å². The van der Waals surface area contributed by atoms with Crippen LogP contribution in [0.3, 0.4) is 0 Å². The van der Waals surface area contributed by atoms with Gasteiger partial charge in [0, 0.05) is 24.7 Å². The molecule has 3 fully saturated rings. The van der Waals surface area contributed by atoms with Gasteiger partial charge in [-0.25, -0.2) is 0 Å². The molecule has 1 aromatic carbocycles. The standard InChI is InChI=1S/C25H34N4O/c1-2-30-22-8-3-5-20(19-22)23-9-10-24(27-26-23)29-17-13-25(14-18-29)11-15-28(16-12-25)21-6-4-7-21/h3,5,8-10,19,21H,2,4,6-7,11-18H2,1H3. The van der Waals surface area contributed by atoms with Crippen molar-refractivity contribution in [3.8, 4) is 17.0 Å². The first kappa shape index (κ1) is 19.8. The highest BCUT2D eigenvalue weighted by Crippen LogP contribution is 2.43. The van der Waals surface area contributed by atoms with Gasteiger partial charge in [0.25, 0.3) is 0 Å².